The van der Waals surface area contributed by atoms with Crippen molar-refractivity contribution in [1.82, 2.24) is 9.80 Å². The SMILES string of the molecule is CCN1CCC(N2CCC(C(=O)C(C)C)CC2)CC1. The van der Waals surface area contributed by atoms with E-state index in [1.165, 1.54) is 32.5 Å². The molecular weight excluding hydrogens is 236 g/mol. The molecule has 0 unspecified atom stereocenters. The van der Waals surface area contributed by atoms with E-state index in [4.69, 9.17) is 0 Å². The van der Waals surface area contributed by atoms with Gasteiger partial charge in [0.2, 0.25) is 0 Å². The number of carbonyl (C=O) groups excluding carboxylic acids is 1. The van der Waals surface area contributed by atoms with Crippen LogP contribution in [0.25, 0.3) is 0 Å². The second-order valence-corrected chi connectivity index (χ2v) is 6.53. The van der Waals surface area contributed by atoms with Crippen molar-refractivity contribution >= 4 is 5.78 Å². The molecule has 0 aliphatic carbocycles. The smallest absolute Gasteiger partial charge is 0.138 e. The van der Waals surface area contributed by atoms with Crippen LogP contribution in [0.15, 0.2) is 0 Å². The molecule has 3 heteroatoms. The minimum absolute atomic E-state index is 0.212. The van der Waals surface area contributed by atoms with Crippen LogP contribution in [-0.2, 0) is 4.79 Å². The fraction of sp³-hybridized carbons (Fsp3) is 0.938. The van der Waals surface area contributed by atoms with Gasteiger partial charge in [0.15, 0.2) is 0 Å². The van der Waals surface area contributed by atoms with E-state index in [9.17, 15) is 4.79 Å². The lowest BCUT2D eigenvalue weighted by Gasteiger charge is -2.41. The van der Waals surface area contributed by atoms with E-state index in [0.29, 0.717) is 11.7 Å². The summed E-state index contributed by atoms with van der Waals surface area (Å²) in [4.78, 5) is 17.2. The molecule has 0 spiro atoms. The second-order valence-electron chi connectivity index (χ2n) is 6.53. The standard InChI is InChI=1S/C16H30N2O/c1-4-17-9-7-15(8-10-17)18-11-5-14(6-12-18)16(19)13(2)3/h13-15H,4-12H2,1-3H3. The number of carbonyl (C=O) groups is 1. The van der Waals surface area contributed by atoms with Gasteiger partial charge < -0.3 is 9.80 Å². The van der Waals surface area contributed by atoms with Gasteiger partial charge in [0.25, 0.3) is 0 Å². The number of piperidine rings is 2. The van der Waals surface area contributed by atoms with Crippen molar-refractivity contribution in [3.05, 3.63) is 0 Å². The molecule has 3 nitrogen and oxygen atoms in total. The van der Waals surface area contributed by atoms with Gasteiger partial charge in [-0.15, -0.1) is 0 Å². The molecule has 2 aliphatic rings. The predicted molar refractivity (Wildman–Crippen MR) is 79.3 cm³/mol. The van der Waals surface area contributed by atoms with Gasteiger partial charge in [0, 0.05) is 17.9 Å². The normalized spacial score (nSPS) is 25.1. The van der Waals surface area contributed by atoms with Gasteiger partial charge in [0.1, 0.15) is 5.78 Å². The van der Waals surface area contributed by atoms with Gasteiger partial charge in [-0.3, -0.25) is 4.79 Å². The van der Waals surface area contributed by atoms with Gasteiger partial charge in [-0.2, -0.15) is 0 Å². The first-order valence-corrected chi connectivity index (χ1v) is 8.12. The zero-order valence-electron chi connectivity index (χ0n) is 12.9. The number of Topliss-reactive ketones (excluding diaryl/α,β-unsaturated/α-hetero) is 1. The van der Waals surface area contributed by atoms with Gasteiger partial charge in [-0.05, 0) is 58.4 Å². The van der Waals surface area contributed by atoms with E-state index in [0.717, 1.165) is 32.0 Å². The maximum Gasteiger partial charge on any atom is 0.138 e. The first-order valence-electron chi connectivity index (χ1n) is 8.12. The van der Waals surface area contributed by atoms with Crippen molar-refractivity contribution in [1.29, 1.82) is 0 Å². The summed E-state index contributed by atoms with van der Waals surface area (Å²) in [5, 5.41) is 0. The van der Waals surface area contributed by atoms with Crippen LogP contribution in [-0.4, -0.2) is 54.3 Å². The molecule has 110 valence electrons. The van der Waals surface area contributed by atoms with E-state index in [1.807, 2.05) is 13.8 Å². The Morgan fingerprint density at radius 3 is 2.11 bits per heavy atom. The van der Waals surface area contributed by atoms with Crippen molar-refractivity contribution in [2.75, 3.05) is 32.7 Å². The first-order chi connectivity index (χ1) is 9.11. The highest BCUT2D eigenvalue weighted by Gasteiger charge is 2.30. The van der Waals surface area contributed by atoms with Gasteiger partial charge in [0.05, 0.1) is 0 Å². The van der Waals surface area contributed by atoms with Crippen LogP contribution in [0.4, 0.5) is 0 Å². The molecule has 0 aromatic rings. The summed E-state index contributed by atoms with van der Waals surface area (Å²) in [5.41, 5.74) is 0. The Morgan fingerprint density at radius 2 is 1.63 bits per heavy atom. The Balaban J connectivity index is 1.76. The third kappa shape index (κ3) is 3.79. The quantitative estimate of drug-likeness (QED) is 0.781. The summed E-state index contributed by atoms with van der Waals surface area (Å²) >= 11 is 0. The van der Waals surface area contributed by atoms with E-state index in [2.05, 4.69) is 16.7 Å². The molecule has 19 heavy (non-hydrogen) atoms. The van der Waals surface area contributed by atoms with E-state index < -0.39 is 0 Å². The third-order valence-electron chi connectivity index (χ3n) is 5.02. The number of rotatable bonds is 4. The molecular formula is C16H30N2O. The number of hydrogen-bond acceptors (Lipinski definition) is 3. The maximum absolute atomic E-state index is 12.0. The highest BCUT2D eigenvalue weighted by Crippen LogP contribution is 2.25. The number of likely N-dealkylation sites (tertiary alicyclic amines) is 2. The van der Waals surface area contributed by atoms with Crippen LogP contribution in [0.3, 0.4) is 0 Å². The fourth-order valence-corrected chi connectivity index (χ4v) is 3.62. The first kappa shape index (κ1) is 15.0. The van der Waals surface area contributed by atoms with Crippen LogP contribution in [0, 0.1) is 11.8 Å². The third-order valence-corrected chi connectivity index (χ3v) is 5.02. The molecule has 0 radical (unpaired) electrons. The predicted octanol–water partition coefficient (Wildman–Crippen LogP) is 2.41. The van der Waals surface area contributed by atoms with Gasteiger partial charge >= 0.3 is 0 Å². The van der Waals surface area contributed by atoms with Crippen LogP contribution in [0.1, 0.15) is 46.5 Å². The molecule has 0 aromatic carbocycles. The number of ketones is 1. The van der Waals surface area contributed by atoms with E-state index in [1.54, 1.807) is 0 Å². The summed E-state index contributed by atoms with van der Waals surface area (Å²) in [7, 11) is 0. The summed E-state index contributed by atoms with van der Waals surface area (Å²) < 4.78 is 0. The summed E-state index contributed by atoms with van der Waals surface area (Å²) in [6, 6.07) is 0.776. The topological polar surface area (TPSA) is 23.6 Å². The number of hydrogen-bond donors (Lipinski definition) is 0. The maximum atomic E-state index is 12.0. The van der Waals surface area contributed by atoms with Crippen LogP contribution >= 0.6 is 0 Å². The molecule has 2 heterocycles. The van der Waals surface area contributed by atoms with Crippen LogP contribution < -0.4 is 0 Å². The lowest BCUT2D eigenvalue weighted by molar-refractivity contribution is -0.127. The summed E-state index contributed by atoms with van der Waals surface area (Å²) in [6.45, 7) is 12.3. The highest BCUT2D eigenvalue weighted by molar-refractivity contribution is 5.82. The molecule has 0 aromatic heterocycles. The average Bonchev–Trinajstić information content (AvgIpc) is 2.46. The molecule has 0 amide bonds. The second kappa shape index (κ2) is 6.85. The van der Waals surface area contributed by atoms with Crippen molar-refractivity contribution in [2.24, 2.45) is 11.8 Å². The Kier molecular flexibility index (Phi) is 5.40. The summed E-state index contributed by atoms with van der Waals surface area (Å²) in [6.07, 6.45) is 4.81. The molecule has 2 rings (SSSR count). The highest BCUT2D eigenvalue weighted by atomic mass is 16.1. The van der Waals surface area contributed by atoms with Crippen LogP contribution in [0.2, 0.25) is 0 Å². The fourth-order valence-electron chi connectivity index (χ4n) is 3.62. The Bertz CT molecular complexity index is 287. The monoisotopic (exact) mass is 266 g/mol. The van der Waals surface area contributed by atoms with E-state index in [-0.39, 0.29) is 5.92 Å². The lowest BCUT2D eigenvalue weighted by atomic mass is 9.86. The molecule has 0 bridgehead atoms. The summed E-state index contributed by atoms with van der Waals surface area (Å²) in [5.74, 6) is 1.04. The molecule has 0 saturated carbocycles. The Hall–Kier alpha value is -0.410. The lowest BCUT2D eigenvalue weighted by Crippen LogP contribution is -2.48. The van der Waals surface area contributed by atoms with Crippen molar-refractivity contribution < 1.29 is 4.79 Å². The molecule has 0 atom stereocenters. The van der Waals surface area contributed by atoms with Gasteiger partial charge in [-0.1, -0.05) is 20.8 Å². The van der Waals surface area contributed by atoms with Crippen molar-refractivity contribution in [2.45, 2.75) is 52.5 Å². The average molecular weight is 266 g/mol. The minimum Gasteiger partial charge on any atom is -0.303 e. The van der Waals surface area contributed by atoms with Crippen LogP contribution in [0.5, 0.6) is 0 Å². The molecule has 2 aliphatic heterocycles. The molecule has 2 saturated heterocycles. The molecule has 0 N–H and O–H groups in total. The largest absolute Gasteiger partial charge is 0.303 e. The van der Waals surface area contributed by atoms with Crippen molar-refractivity contribution in [3.63, 3.8) is 0 Å². The van der Waals surface area contributed by atoms with E-state index >= 15 is 0 Å². The zero-order chi connectivity index (χ0) is 13.8. The molecule has 2 fully saturated rings. The Labute approximate surface area is 118 Å². The van der Waals surface area contributed by atoms with Crippen molar-refractivity contribution in [3.8, 4) is 0 Å². The minimum atomic E-state index is 0.212. The Morgan fingerprint density at radius 1 is 1.05 bits per heavy atom. The van der Waals surface area contributed by atoms with Gasteiger partial charge in [-0.25, -0.2) is 0 Å². The zero-order valence-corrected chi connectivity index (χ0v) is 12.9. The number of nitrogens with zero attached hydrogens (tertiary/aromatic N) is 2.